The van der Waals surface area contributed by atoms with Gasteiger partial charge in [-0.3, -0.25) is 0 Å². The van der Waals surface area contributed by atoms with E-state index in [1.807, 2.05) is 30.3 Å². The van der Waals surface area contributed by atoms with Crippen molar-refractivity contribution in [1.29, 1.82) is 0 Å². The lowest BCUT2D eigenvalue weighted by atomic mass is 9.96. The lowest BCUT2D eigenvalue weighted by Crippen LogP contribution is -2.19. The summed E-state index contributed by atoms with van der Waals surface area (Å²) in [7, 11) is 0. The van der Waals surface area contributed by atoms with Gasteiger partial charge in [-0.2, -0.15) is 0 Å². The third-order valence-electron chi connectivity index (χ3n) is 4.01. The van der Waals surface area contributed by atoms with Crippen LogP contribution >= 0.6 is 0 Å². The lowest BCUT2D eigenvalue weighted by molar-refractivity contribution is 0.0691. The number of halogens is 1. The van der Waals surface area contributed by atoms with E-state index in [4.69, 9.17) is 5.11 Å². The molecule has 0 spiro atoms. The van der Waals surface area contributed by atoms with Crippen molar-refractivity contribution in [2.75, 3.05) is 18.0 Å². The number of carboxylic acid groups (broad SMARTS) is 1. The van der Waals surface area contributed by atoms with Gasteiger partial charge in [0.1, 0.15) is 5.82 Å². The number of carboxylic acids is 1. The summed E-state index contributed by atoms with van der Waals surface area (Å²) in [6, 6.07) is 14.6. The molecule has 1 saturated heterocycles. The number of rotatable bonds is 3. The molecule has 108 valence electrons. The highest BCUT2D eigenvalue weighted by Gasteiger charge is 2.27. The van der Waals surface area contributed by atoms with Crippen LogP contribution in [-0.2, 0) is 0 Å². The molecule has 3 nitrogen and oxygen atoms in total. The number of carbonyl (C=O) groups is 1. The van der Waals surface area contributed by atoms with E-state index in [9.17, 15) is 9.18 Å². The van der Waals surface area contributed by atoms with Crippen molar-refractivity contribution in [3.63, 3.8) is 0 Å². The van der Waals surface area contributed by atoms with Crippen molar-refractivity contribution >= 4 is 11.7 Å². The molecule has 1 atom stereocenters. The molecule has 0 aliphatic carbocycles. The monoisotopic (exact) mass is 285 g/mol. The summed E-state index contributed by atoms with van der Waals surface area (Å²) in [5.41, 5.74) is 1.38. The Labute approximate surface area is 122 Å². The van der Waals surface area contributed by atoms with Gasteiger partial charge in [0.15, 0.2) is 0 Å². The van der Waals surface area contributed by atoms with E-state index in [1.54, 1.807) is 12.1 Å². The molecule has 0 bridgehead atoms. The number of hydrogen-bond acceptors (Lipinski definition) is 2. The average molecular weight is 285 g/mol. The van der Waals surface area contributed by atoms with E-state index in [2.05, 4.69) is 4.90 Å². The van der Waals surface area contributed by atoms with Crippen molar-refractivity contribution in [1.82, 2.24) is 0 Å². The Bertz CT molecular complexity index is 657. The zero-order chi connectivity index (χ0) is 14.8. The van der Waals surface area contributed by atoms with Gasteiger partial charge in [0.25, 0.3) is 0 Å². The molecule has 1 aliphatic heterocycles. The topological polar surface area (TPSA) is 40.5 Å². The Kier molecular flexibility index (Phi) is 3.60. The van der Waals surface area contributed by atoms with Gasteiger partial charge in [0, 0.05) is 24.7 Å². The normalized spacial score (nSPS) is 18.0. The minimum atomic E-state index is -1.22. The minimum Gasteiger partial charge on any atom is -0.478 e. The van der Waals surface area contributed by atoms with Crippen molar-refractivity contribution < 1.29 is 14.3 Å². The minimum absolute atomic E-state index is 0.0320. The highest BCUT2D eigenvalue weighted by atomic mass is 19.1. The first kappa shape index (κ1) is 13.6. The molecule has 4 heteroatoms. The zero-order valence-electron chi connectivity index (χ0n) is 11.5. The van der Waals surface area contributed by atoms with Gasteiger partial charge in [-0.15, -0.1) is 0 Å². The third-order valence-corrected chi connectivity index (χ3v) is 4.01. The standard InChI is InChI=1S/C17H16FNO2/c18-16-14(7-4-8-15(16)17(20)21)12-9-10-19(11-12)13-5-2-1-3-6-13/h1-8,12H,9-11H2,(H,20,21). The maximum Gasteiger partial charge on any atom is 0.338 e. The quantitative estimate of drug-likeness (QED) is 0.938. The van der Waals surface area contributed by atoms with Gasteiger partial charge < -0.3 is 10.0 Å². The van der Waals surface area contributed by atoms with Crippen LogP contribution < -0.4 is 4.90 Å². The molecule has 21 heavy (non-hydrogen) atoms. The van der Waals surface area contributed by atoms with Gasteiger partial charge in [-0.05, 0) is 30.2 Å². The van der Waals surface area contributed by atoms with Gasteiger partial charge in [0.2, 0.25) is 0 Å². The Morgan fingerprint density at radius 1 is 1.14 bits per heavy atom. The number of para-hydroxylation sites is 1. The van der Waals surface area contributed by atoms with E-state index in [-0.39, 0.29) is 11.5 Å². The number of benzene rings is 2. The molecule has 0 amide bonds. The van der Waals surface area contributed by atoms with Gasteiger partial charge in [-0.1, -0.05) is 30.3 Å². The first-order valence-electron chi connectivity index (χ1n) is 6.98. The van der Waals surface area contributed by atoms with Crippen LogP contribution in [0.25, 0.3) is 0 Å². The Balaban J connectivity index is 1.84. The lowest BCUT2D eigenvalue weighted by Gasteiger charge is -2.19. The third kappa shape index (κ3) is 2.61. The van der Waals surface area contributed by atoms with Crippen LogP contribution in [0, 0.1) is 5.82 Å². The highest BCUT2D eigenvalue weighted by molar-refractivity contribution is 5.88. The molecule has 2 aromatic carbocycles. The number of hydrogen-bond donors (Lipinski definition) is 1. The molecule has 1 unspecified atom stereocenters. The van der Waals surface area contributed by atoms with E-state index < -0.39 is 11.8 Å². The smallest absolute Gasteiger partial charge is 0.338 e. The zero-order valence-corrected chi connectivity index (χ0v) is 11.5. The van der Waals surface area contributed by atoms with Crippen LogP contribution in [0.1, 0.15) is 28.3 Å². The van der Waals surface area contributed by atoms with Gasteiger partial charge in [0.05, 0.1) is 5.56 Å². The van der Waals surface area contributed by atoms with Gasteiger partial charge >= 0.3 is 5.97 Å². The fraction of sp³-hybridized carbons (Fsp3) is 0.235. The summed E-state index contributed by atoms with van der Waals surface area (Å²) in [6.45, 7) is 1.56. The highest BCUT2D eigenvalue weighted by Crippen LogP contribution is 2.32. The van der Waals surface area contributed by atoms with Crippen LogP contribution in [0.4, 0.5) is 10.1 Å². The number of aromatic carboxylic acids is 1. The predicted molar refractivity (Wildman–Crippen MR) is 79.4 cm³/mol. The molecule has 1 heterocycles. The molecule has 0 radical (unpaired) electrons. The van der Waals surface area contributed by atoms with Crippen LogP contribution in [0.15, 0.2) is 48.5 Å². The van der Waals surface area contributed by atoms with Crippen molar-refractivity contribution in [2.45, 2.75) is 12.3 Å². The second-order valence-corrected chi connectivity index (χ2v) is 5.28. The first-order chi connectivity index (χ1) is 10.2. The molecule has 1 aliphatic rings. The molecule has 0 saturated carbocycles. The molecule has 1 fully saturated rings. The average Bonchev–Trinajstić information content (AvgIpc) is 2.98. The van der Waals surface area contributed by atoms with Crippen LogP contribution in [0.5, 0.6) is 0 Å². The molecule has 1 N–H and O–H groups in total. The van der Waals surface area contributed by atoms with Crippen LogP contribution in [-0.4, -0.2) is 24.2 Å². The summed E-state index contributed by atoms with van der Waals surface area (Å²) in [6.07, 6.45) is 0.828. The molecular formula is C17H16FNO2. The SMILES string of the molecule is O=C(O)c1cccc(C2CCN(c3ccccc3)C2)c1F. The Hall–Kier alpha value is -2.36. The largest absolute Gasteiger partial charge is 0.478 e. The molecule has 2 aromatic rings. The van der Waals surface area contributed by atoms with E-state index in [0.717, 1.165) is 18.7 Å². The van der Waals surface area contributed by atoms with Crippen molar-refractivity contribution in [3.8, 4) is 0 Å². The molecular weight excluding hydrogens is 269 g/mol. The van der Waals surface area contributed by atoms with Crippen LogP contribution in [0.3, 0.4) is 0 Å². The van der Waals surface area contributed by atoms with E-state index in [1.165, 1.54) is 6.07 Å². The summed E-state index contributed by atoms with van der Waals surface area (Å²) in [4.78, 5) is 13.2. The molecule has 0 aromatic heterocycles. The number of anilines is 1. The van der Waals surface area contributed by atoms with Crippen molar-refractivity contribution in [3.05, 3.63) is 65.5 Å². The summed E-state index contributed by atoms with van der Waals surface area (Å²) in [5.74, 6) is -1.78. The number of nitrogens with zero attached hydrogens (tertiary/aromatic N) is 1. The van der Waals surface area contributed by atoms with E-state index in [0.29, 0.717) is 12.1 Å². The fourth-order valence-corrected chi connectivity index (χ4v) is 2.92. The molecule has 3 rings (SSSR count). The van der Waals surface area contributed by atoms with Gasteiger partial charge in [-0.25, -0.2) is 9.18 Å². The first-order valence-corrected chi connectivity index (χ1v) is 6.98. The predicted octanol–water partition coefficient (Wildman–Crippen LogP) is 3.52. The van der Waals surface area contributed by atoms with Crippen molar-refractivity contribution in [2.24, 2.45) is 0 Å². The second-order valence-electron chi connectivity index (χ2n) is 5.28. The summed E-state index contributed by atoms with van der Waals surface area (Å²) >= 11 is 0. The Morgan fingerprint density at radius 3 is 2.62 bits per heavy atom. The van der Waals surface area contributed by atoms with Crippen LogP contribution in [0.2, 0.25) is 0 Å². The fourth-order valence-electron chi connectivity index (χ4n) is 2.92. The van der Waals surface area contributed by atoms with E-state index >= 15 is 0 Å². The maximum atomic E-state index is 14.3. The summed E-state index contributed by atoms with van der Waals surface area (Å²) in [5, 5.41) is 9.01. The summed E-state index contributed by atoms with van der Waals surface area (Å²) < 4.78 is 14.3. The maximum absolute atomic E-state index is 14.3. The Morgan fingerprint density at radius 2 is 1.90 bits per heavy atom. The second kappa shape index (κ2) is 5.56.